The van der Waals surface area contributed by atoms with Gasteiger partial charge in [0, 0.05) is 12.7 Å². The highest BCUT2D eigenvalue weighted by Crippen LogP contribution is 2.04. The highest BCUT2D eigenvalue weighted by molar-refractivity contribution is 14.1. The number of carbonyl (C=O) groups is 1. The van der Waals surface area contributed by atoms with Crippen molar-refractivity contribution in [2.45, 2.75) is 32.6 Å². The summed E-state index contributed by atoms with van der Waals surface area (Å²) in [6, 6.07) is 3.75. The van der Waals surface area contributed by atoms with E-state index in [-0.39, 0.29) is 5.91 Å². The van der Waals surface area contributed by atoms with Crippen LogP contribution in [-0.2, 0) is 0 Å². The lowest BCUT2D eigenvalue weighted by molar-refractivity contribution is 0.0947. The van der Waals surface area contributed by atoms with Gasteiger partial charge in [0.05, 0.1) is 0 Å². The SMILES string of the molecule is Cc1cccnc1C(=O)NCCCCCCI. The van der Waals surface area contributed by atoms with Crippen molar-refractivity contribution >= 4 is 28.5 Å². The number of halogens is 1. The molecule has 17 heavy (non-hydrogen) atoms. The van der Waals surface area contributed by atoms with Crippen molar-refractivity contribution in [3.8, 4) is 0 Å². The van der Waals surface area contributed by atoms with Crippen molar-refractivity contribution in [3.05, 3.63) is 29.6 Å². The maximum Gasteiger partial charge on any atom is 0.270 e. The number of unbranched alkanes of at least 4 members (excludes halogenated alkanes) is 3. The predicted octanol–water partition coefficient (Wildman–Crippen LogP) is 3.12. The number of nitrogens with one attached hydrogen (secondary N) is 1. The molecule has 0 unspecified atom stereocenters. The standard InChI is InChI=1S/C13H19IN2O/c1-11-7-6-10-15-12(11)13(17)16-9-5-3-2-4-8-14/h6-7,10H,2-5,8-9H2,1H3,(H,16,17). The lowest BCUT2D eigenvalue weighted by Gasteiger charge is -2.06. The Hall–Kier alpha value is -0.650. The molecule has 0 aromatic carbocycles. The van der Waals surface area contributed by atoms with E-state index in [0.717, 1.165) is 18.5 Å². The summed E-state index contributed by atoms with van der Waals surface area (Å²) in [7, 11) is 0. The van der Waals surface area contributed by atoms with Gasteiger partial charge in [-0.25, -0.2) is 0 Å². The lowest BCUT2D eigenvalue weighted by Crippen LogP contribution is -2.26. The summed E-state index contributed by atoms with van der Waals surface area (Å²) in [5.74, 6) is -0.0583. The normalized spacial score (nSPS) is 10.2. The second kappa shape index (κ2) is 8.44. The van der Waals surface area contributed by atoms with Crippen LogP contribution in [0.4, 0.5) is 0 Å². The average Bonchev–Trinajstić information content (AvgIpc) is 2.34. The molecule has 1 N–H and O–H groups in total. The van der Waals surface area contributed by atoms with E-state index in [2.05, 4.69) is 32.9 Å². The van der Waals surface area contributed by atoms with Crippen LogP contribution in [0, 0.1) is 6.92 Å². The molecule has 1 heterocycles. The number of carbonyl (C=O) groups excluding carboxylic acids is 1. The van der Waals surface area contributed by atoms with E-state index in [0.29, 0.717) is 5.69 Å². The van der Waals surface area contributed by atoms with Crippen molar-refractivity contribution in [2.75, 3.05) is 11.0 Å². The van der Waals surface area contributed by atoms with Gasteiger partial charge in [-0.15, -0.1) is 0 Å². The Kier molecular flexibility index (Phi) is 7.16. The summed E-state index contributed by atoms with van der Waals surface area (Å²) < 4.78 is 1.22. The number of nitrogens with zero attached hydrogens (tertiary/aromatic N) is 1. The smallest absolute Gasteiger partial charge is 0.270 e. The fraction of sp³-hybridized carbons (Fsp3) is 0.538. The van der Waals surface area contributed by atoms with Crippen LogP contribution in [-0.4, -0.2) is 21.9 Å². The molecule has 1 aromatic heterocycles. The summed E-state index contributed by atoms with van der Waals surface area (Å²) in [6.07, 6.45) is 6.41. The first-order valence-corrected chi connectivity index (χ1v) is 7.54. The van der Waals surface area contributed by atoms with Crippen LogP contribution in [0.1, 0.15) is 41.7 Å². The number of pyridine rings is 1. The molecule has 3 nitrogen and oxygen atoms in total. The van der Waals surface area contributed by atoms with Crippen molar-refractivity contribution in [2.24, 2.45) is 0 Å². The van der Waals surface area contributed by atoms with E-state index < -0.39 is 0 Å². The third-order valence-corrected chi connectivity index (χ3v) is 3.33. The van der Waals surface area contributed by atoms with Gasteiger partial charge < -0.3 is 5.32 Å². The fourth-order valence-electron chi connectivity index (χ4n) is 1.58. The highest BCUT2D eigenvalue weighted by Gasteiger charge is 2.08. The van der Waals surface area contributed by atoms with Crippen LogP contribution in [0.2, 0.25) is 0 Å². The molecule has 0 fully saturated rings. The second-order valence-corrected chi connectivity index (χ2v) is 5.11. The molecule has 1 amide bonds. The number of aryl methyl sites for hydroxylation is 1. The number of rotatable bonds is 7. The molecule has 94 valence electrons. The second-order valence-electron chi connectivity index (χ2n) is 4.03. The van der Waals surface area contributed by atoms with Crippen molar-refractivity contribution in [3.63, 3.8) is 0 Å². The quantitative estimate of drug-likeness (QED) is 0.468. The number of amides is 1. The van der Waals surface area contributed by atoms with E-state index in [4.69, 9.17) is 0 Å². The Morgan fingerprint density at radius 3 is 2.82 bits per heavy atom. The molecule has 0 aliphatic carbocycles. The molecule has 0 radical (unpaired) electrons. The summed E-state index contributed by atoms with van der Waals surface area (Å²) in [5.41, 5.74) is 1.47. The summed E-state index contributed by atoms with van der Waals surface area (Å²) >= 11 is 2.39. The molecule has 0 aliphatic rings. The average molecular weight is 346 g/mol. The van der Waals surface area contributed by atoms with Gasteiger partial charge in [0.1, 0.15) is 5.69 Å². The third kappa shape index (κ3) is 5.48. The van der Waals surface area contributed by atoms with Crippen molar-refractivity contribution in [1.29, 1.82) is 0 Å². The molecular formula is C13H19IN2O. The molecule has 1 aromatic rings. The molecule has 0 bridgehead atoms. The number of aromatic nitrogens is 1. The third-order valence-electron chi connectivity index (χ3n) is 2.57. The fourth-order valence-corrected chi connectivity index (χ4v) is 2.12. The van der Waals surface area contributed by atoms with Gasteiger partial charge in [0.15, 0.2) is 0 Å². The summed E-state index contributed by atoms with van der Waals surface area (Å²) in [5, 5.41) is 2.91. The zero-order valence-electron chi connectivity index (χ0n) is 10.2. The Bertz CT molecular complexity index is 355. The first-order chi connectivity index (χ1) is 8.25. The van der Waals surface area contributed by atoms with Gasteiger partial charge in [-0.05, 0) is 35.8 Å². The Labute approximate surface area is 117 Å². The molecule has 0 saturated heterocycles. The minimum atomic E-state index is -0.0583. The zero-order valence-corrected chi connectivity index (χ0v) is 12.4. The van der Waals surface area contributed by atoms with Gasteiger partial charge >= 0.3 is 0 Å². The number of hydrogen-bond acceptors (Lipinski definition) is 2. The molecule has 0 saturated carbocycles. The van der Waals surface area contributed by atoms with Crippen molar-refractivity contribution < 1.29 is 4.79 Å². The van der Waals surface area contributed by atoms with E-state index in [1.807, 2.05) is 19.1 Å². The van der Waals surface area contributed by atoms with Crippen LogP contribution in [0.5, 0.6) is 0 Å². The minimum absolute atomic E-state index is 0.0583. The molecule has 4 heteroatoms. The first kappa shape index (κ1) is 14.4. The lowest BCUT2D eigenvalue weighted by atomic mass is 10.2. The summed E-state index contributed by atoms with van der Waals surface area (Å²) in [4.78, 5) is 15.9. The van der Waals surface area contributed by atoms with Crippen LogP contribution < -0.4 is 5.32 Å². The first-order valence-electron chi connectivity index (χ1n) is 6.01. The van der Waals surface area contributed by atoms with E-state index >= 15 is 0 Å². The Balaban J connectivity index is 2.24. The van der Waals surface area contributed by atoms with Crippen LogP contribution >= 0.6 is 22.6 Å². The van der Waals surface area contributed by atoms with Gasteiger partial charge in [0.2, 0.25) is 0 Å². The van der Waals surface area contributed by atoms with Crippen LogP contribution in [0.15, 0.2) is 18.3 Å². The molecule has 0 atom stereocenters. The van der Waals surface area contributed by atoms with Gasteiger partial charge in [-0.2, -0.15) is 0 Å². The zero-order chi connectivity index (χ0) is 12.5. The van der Waals surface area contributed by atoms with Crippen LogP contribution in [0.3, 0.4) is 0 Å². The summed E-state index contributed by atoms with van der Waals surface area (Å²) in [6.45, 7) is 2.65. The maximum absolute atomic E-state index is 11.8. The van der Waals surface area contributed by atoms with Crippen molar-refractivity contribution in [1.82, 2.24) is 10.3 Å². The topological polar surface area (TPSA) is 42.0 Å². The van der Waals surface area contributed by atoms with Crippen LogP contribution in [0.25, 0.3) is 0 Å². The van der Waals surface area contributed by atoms with E-state index in [1.165, 1.54) is 23.7 Å². The molecule has 0 spiro atoms. The van der Waals surface area contributed by atoms with E-state index in [1.54, 1.807) is 6.20 Å². The predicted molar refractivity (Wildman–Crippen MR) is 78.7 cm³/mol. The molecule has 0 aliphatic heterocycles. The highest BCUT2D eigenvalue weighted by atomic mass is 127. The molecular weight excluding hydrogens is 327 g/mol. The van der Waals surface area contributed by atoms with Gasteiger partial charge in [0.25, 0.3) is 5.91 Å². The maximum atomic E-state index is 11.8. The number of hydrogen-bond donors (Lipinski definition) is 1. The monoisotopic (exact) mass is 346 g/mol. The Morgan fingerprint density at radius 1 is 1.35 bits per heavy atom. The Morgan fingerprint density at radius 2 is 2.12 bits per heavy atom. The van der Waals surface area contributed by atoms with E-state index in [9.17, 15) is 4.79 Å². The molecule has 1 rings (SSSR count). The largest absolute Gasteiger partial charge is 0.351 e. The minimum Gasteiger partial charge on any atom is -0.351 e. The number of alkyl halides is 1. The van der Waals surface area contributed by atoms with Gasteiger partial charge in [-0.1, -0.05) is 41.5 Å². The van der Waals surface area contributed by atoms with Gasteiger partial charge in [-0.3, -0.25) is 9.78 Å².